The van der Waals surface area contributed by atoms with Crippen LogP contribution in [-0.2, 0) is 15.0 Å². The molecule has 146 valence electrons. The minimum absolute atomic E-state index is 0.207. The number of hydrogen-bond donors (Lipinski definition) is 3. The molecule has 2 aromatic carbocycles. The fourth-order valence-electron chi connectivity index (χ4n) is 3.26. The largest absolute Gasteiger partial charge is 0.480 e. The summed E-state index contributed by atoms with van der Waals surface area (Å²) in [5.41, 5.74) is 0.717. The van der Waals surface area contributed by atoms with Crippen LogP contribution in [0.3, 0.4) is 0 Å². The molecule has 0 aliphatic heterocycles. The maximum atomic E-state index is 13.6. The zero-order valence-electron chi connectivity index (χ0n) is 15.4. The Bertz CT molecular complexity index is 907. The van der Waals surface area contributed by atoms with Gasteiger partial charge in [0.25, 0.3) is 5.91 Å². The van der Waals surface area contributed by atoms with Crippen LogP contribution in [0.4, 0.5) is 10.1 Å². The summed E-state index contributed by atoms with van der Waals surface area (Å²) in [6, 6.07) is 11.3. The molecule has 0 bridgehead atoms. The van der Waals surface area contributed by atoms with Crippen molar-refractivity contribution in [3.8, 4) is 0 Å². The fourth-order valence-corrected chi connectivity index (χ4v) is 3.26. The molecule has 3 rings (SSSR count). The van der Waals surface area contributed by atoms with Crippen LogP contribution in [0, 0.1) is 5.82 Å². The molecule has 3 N–H and O–H groups in total. The second-order valence-corrected chi connectivity index (χ2v) is 7.01. The van der Waals surface area contributed by atoms with E-state index < -0.39 is 23.3 Å². The number of rotatable bonds is 6. The number of anilines is 1. The molecule has 0 saturated heterocycles. The minimum Gasteiger partial charge on any atom is -0.480 e. The molecule has 1 aliphatic carbocycles. The topological polar surface area (TPSA) is 95.5 Å². The van der Waals surface area contributed by atoms with Crippen molar-refractivity contribution in [2.75, 3.05) is 5.32 Å². The van der Waals surface area contributed by atoms with Crippen LogP contribution in [0.5, 0.6) is 0 Å². The Balaban J connectivity index is 1.70. The number of carbonyl (C=O) groups is 3. The number of benzene rings is 2. The molecule has 2 amide bonds. The van der Waals surface area contributed by atoms with Crippen molar-refractivity contribution in [3.05, 3.63) is 65.5 Å². The van der Waals surface area contributed by atoms with Gasteiger partial charge in [0.05, 0.1) is 5.41 Å². The van der Waals surface area contributed by atoms with E-state index in [2.05, 4.69) is 10.6 Å². The van der Waals surface area contributed by atoms with Crippen molar-refractivity contribution < 1.29 is 23.9 Å². The summed E-state index contributed by atoms with van der Waals surface area (Å²) in [5, 5.41) is 14.1. The standard InChI is InChI=1S/C21H21FN2O4/c1-13(19(26)27)23-18(25)14-6-8-17(9-7-14)24-20(28)21(10-3-11-21)15-4-2-5-16(22)12-15/h2,4-9,12-13H,3,10-11H2,1H3,(H,23,25)(H,24,28)(H,26,27). The SMILES string of the molecule is CC(NC(=O)c1ccc(NC(=O)C2(c3cccc(F)c3)CCC2)cc1)C(=O)O. The van der Waals surface area contributed by atoms with E-state index in [1.165, 1.54) is 31.2 Å². The minimum atomic E-state index is -1.12. The van der Waals surface area contributed by atoms with Gasteiger partial charge >= 0.3 is 5.97 Å². The van der Waals surface area contributed by atoms with E-state index in [-0.39, 0.29) is 17.3 Å². The maximum absolute atomic E-state index is 13.6. The van der Waals surface area contributed by atoms with Crippen molar-refractivity contribution >= 4 is 23.5 Å². The average molecular weight is 384 g/mol. The van der Waals surface area contributed by atoms with Crippen molar-refractivity contribution in [2.24, 2.45) is 0 Å². The van der Waals surface area contributed by atoms with Crippen molar-refractivity contribution in [1.29, 1.82) is 0 Å². The number of carboxylic acids is 1. The van der Waals surface area contributed by atoms with E-state index in [0.29, 0.717) is 24.1 Å². The number of halogens is 1. The molecule has 0 spiro atoms. The molecule has 1 saturated carbocycles. The second kappa shape index (κ2) is 7.80. The number of aliphatic carboxylic acids is 1. The highest BCUT2D eigenvalue weighted by Gasteiger charge is 2.45. The molecular formula is C21H21FN2O4. The molecule has 1 fully saturated rings. The van der Waals surface area contributed by atoms with Gasteiger partial charge in [-0.3, -0.25) is 14.4 Å². The molecule has 1 unspecified atom stereocenters. The van der Waals surface area contributed by atoms with E-state index in [9.17, 15) is 18.8 Å². The predicted molar refractivity (Wildman–Crippen MR) is 102 cm³/mol. The highest BCUT2D eigenvalue weighted by atomic mass is 19.1. The van der Waals surface area contributed by atoms with Crippen molar-refractivity contribution in [3.63, 3.8) is 0 Å². The summed E-state index contributed by atoms with van der Waals surface area (Å²) in [4.78, 5) is 35.7. The van der Waals surface area contributed by atoms with E-state index in [0.717, 1.165) is 6.42 Å². The van der Waals surface area contributed by atoms with Crippen LogP contribution in [0.2, 0.25) is 0 Å². The third kappa shape index (κ3) is 3.88. The van der Waals surface area contributed by atoms with Gasteiger partial charge in [0.2, 0.25) is 5.91 Å². The summed E-state index contributed by atoms with van der Waals surface area (Å²) in [7, 11) is 0. The van der Waals surface area contributed by atoms with Gasteiger partial charge in [0, 0.05) is 11.3 Å². The van der Waals surface area contributed by atoms with Crippen LogP contribution in [0.25, 0.3) is 0 Å². The molecule has 6 nitrogen and oxygen atoms in total. The van der Waals surface area contributed by atoms with Crippen LogP contribution in [-0.4, -0.2) is 28.9 Å². The van der Waals surface area contributed by atoms with Gasteiger partial charge in [0.15, 0.2) is 0 Å². The molecule has 2 aromatic rings. The van der Waals surface area contributed by atoms with Gasteiger partial charge < -0.3 is 15.7 Å². The van der Waals surface area contributed by atoms with Gasteiger partial charge in [-0.15, -0.1) is 0 Å². The number of carboxylic acid groups (broad SMARTS) is 1. The number of nitrogens with one attached hydrogen (secondary N) is 2. The molecular weight excluding hydrogens is 363 g/mol. The first-order chi connectivity index (χ1) is 13.3. The summed E-state index contributed by atoms with van der Waals surface area (Å²) in [5.74, 6) is -2.22. The van der Waals surface area contributed by atoms with Gasteiger partial charge in [-0.05, 0) is 61.7 Å². The Morgan fingerprint density at radius 2 is 1.79 bits per heavy atom. The van der Waals surface area contributed by atoms with Crippen LogP contribution in [0.15, 0.2) is 48.5 Å². The second-order valence-electron chi connectivity index (χ2n) is 7.01. The van der Waals surface area contributed by atoms with Crippen LogP contribution >= 0.6 is 0 Å². The maximum Gasteiger partial charge on any atom is 0.325 e. The summed E-state index contributed by atoms with van der Waals surface area (Å²) < 4.78 is 13.6. The highest BCUT2D eigenvalue weighted by molar-refractivity contribution is 6.01. The number of amides is 2. The molecule has 0 aromatic heterocycles. The van der Waals surface area contributed by atoms with E-state index in [4.69, 9.17) is 5.11 Å². The third-order valence-electron chi connectivity index (χ3n) is 5.14. The lowest BCUT2D eigenvalue weighted by molar-refractivity contribution is -0.138. The molecule has 7 heteroatoms. The zero-order chi connectivity index (χ0) is 20.3. The quantitative estimate of drug-likeness (QED) is 0.713. The normalized spacial score (nSPS) is 15.8. The van der Waals surface area contributed by atoms with Crippen molar-refractivity contribution in [2.45, 2.75) is 37.6 Å². The van der Waals surface area contributed by atoms with E-state index in [1.54, 1.807) is 24.3 Å². The van der Waals surface area contributed by atoms with Crippen LogP contribution < -0.4 is 10.6 Å². The monoisotopic (exact) mass is 384 g/mol. The number of hydrogen-bond acceptors (Lipinski definition) is 3. The highest BCUT2D eigenvalue weighted by Crippen LogP contribution is 2.44. The van der Waals surface area contributed by atoms with E-state index >= 15 is 0 Å². The molecule has 28 heavy (non-hydrogen) atoms. The molecule has 1 atom stereocenters. The Labute approximate surface area is 161 Å². The lowest BCUT2D eigenvalue weighted by atomic mass is 9.63. The zero-order valence-corrected chi connectivity index (χ0v) is 15.4. The molecule has 1 aliphatic rings. The van der Waals surface area contributed by atoms with Crippen LogP contribution in [0.1, 0.15) is 42.1 Å². The fraction of sp³-hybridized carbons (Fsp3) is 0.286. The molecule has 0 radical (unpaired) electrons. The van der Waals surface area contributed by atoms with Gasteiger partial charge in [-0.25, -0.2) is 4.39 Å². The van der Waals surface area contributed by atoms with E-state index in [1.807, 2.05) is 0 Å². The summed E-state index contributed by atoms with van der Waals surface area (Å²) in [6.45, 7) is 1.37. The van der Waals surface area contributed by atoms with Gasteiger partial charge in [-0.2, -0.15) is 0 Å². The lowest BCUT2D eigenvalue weighted by Crippen LogP contribution is -2.46. The smallest absolute Gasteiger partial charge is 0.325 e. The van der Waals surface area contributed by atoms with Gasteiger partial charge in [-0.1, -0.05) is 18.6 Å². The Kier molecular flexibility index (Phi) is 5.44. The first-order valence-electron chi connectivity index (χ1n) is 9.03. The Morgan fingerprint density at radius 1 is 1.11 bits per heavy atom. The average Bonchev–Trinajstić information content (AvgIpc) is 2.61. The predicted octanol–water partition coefficient (Wildman–Crippen LogP) is 3.09. The molecule has 0 heterocycles. The Hall–Kier alpha value is -3.22. The third-order valence-corrected chi connectivity index (χ3v) is 5.14. The van der Waals surface area contributed by atoms with Crippen molar-refractivity contribution in [1.82, 2.24) is 5.32 Å². The van der Waals surface area contributed by atoms with Gasteiger partial charge in [0.1, 0.15) is 11.9 Å². The lowest BCUT2D eigenvalue weighted by Gasteiger charge is -2.40. The summed E-state index contributed by atoms with van der Waals surface area (Å²) >= 11 is 0. The Morgan fingerprint density at radius 3 is 2.32 bits per heavy atom. The first-order valence-corrected chi connectivity index (χ1v) is 9.03. The number of carbonyl (C=O) groups excluding carboxylic acids is 2. The summed E-state index contributed by atoms with van der Waals surface area (Å²) in [6.07, 6.45) is 2.19. The first kappa shape index (κ1) is 19.5.